The summed E-state index contributed by atoms with van der Waals surface area (Å²) in [6.45, 7) is 1.61. The van der Waals surface area contributed by atoms with Gasteiger partial charge in [0, 0.05) is 11.6 Å². The van der Waals surface area contributed by atoms with E-state index in [1.165, 1.54) is 18.3 Å². The molecule has 0 heterocycles. The van der Waals surface area contributed by atoms with Crippen molar-refractivity contribution in [3.63, 3.8) is 0 Å². The molecule has 0 aliphatic carbocycles. The van der Waals surface area contributed by atoms with Gasteiger partial charge in [0.15, 0.2) is 6.10 Å². The molecule has 8 nitrogen and oxygen atoms in total. The van der Waals surface area contributed by atoms with Gasteiger partial charge < -0.3 is 14.2 Å². The highest BCUT2D eigenvalue weighted by atomic mass is 16.5. The number of esters is 2. The van der Waals surface area contributed by atoms with Crippen molar-refractivity contribution >= 4 is 24.1 Å². The molecule has 0 aromatic heterocycles. The number of amides is 1. The van der Waals surface area contributed by atoms with Gasteiger partial charge >= 0.3 is 11.9 Å². The molecule has 0 radical (unpaired) electrons. The molecule has 1 N–H and O–H groups in total. The van der Waals surface area contributed by atoms with Gasteiger partial charge in [-0.1, -0.05) is 78.9 Å². The van der Waals surface area contributed by atoms with Crippen molar-refractivity contribution in [3.05, 3.63) is 150 Å². The standard InChI is InChI=1S/C36H28N2O6/c1-25(42-31-20-17-27(18-21-31)26-11-5-2-6-12-26)34(39)38-37-24-30-19-22-32(43-35(40)28-13-7-3-8-14-28)23-33(30)44-36(41)29-15-9-4-10-16-29/h2-25H,1H3,(H,38,39)/b37-24+. The number of carbonyl (C=O) groups excluding carboxylic acids is 3. The van der Waals surface area contributed by atoms with Crippen molar-refractivity contribution in [1.82, 2.24) is 5.43 Å². The smallest absolute Gasteiger partial charge is 0.343 e. The highest BCUT2D eigenvalue weighted by Gasteiger charge is 2.16. The zero-order valence-electron chi connectivity index (χ0n) is 23.8. The molecule has 218 valence electrons. The lowest BCUT2D eigenvalue weighted by Crippen LogP contribution is -2.33. The molecule has 0 aliphatic rings. The Labute approximate surface area is 254 Å². The SMILES string of the molecule is CC(Oc1ccc(-c2ccccc2)cc1)C(=O)N/N=C/c1ccc(OC(=O)c2ccccc2)cc1OC(=O)c1ccccc1. The Morgan fingerprint density at radius 1 is 0.636 bits per heavy atom. The molecule has 5 aromatic carbocycles. The van der Waals surface area contributed by atoms with Gasteiger partial charge in [-0.3, -0.25) is 4.79 Å². The highest BCUT2D eigenvalue weighted by molar-refractivity contribution is 5.94. The maximum atomic E-state index is 12.8. The average Bonchev–Trinajstić information content (AvgIpc) is 3.07. The number of nitrogens with one attached hydrogen (secondary N) is 1. The Bertz CT molecular complexity index is 1760. The fourth-order valence-electron chi connectivity index (χ4n) is 4.12. The van der Waals surface area contributed by atoms with Gasteiger partial charge in [-0.05, 0) is 66.6 Å². The number of nitrogens with zero attached hydrogens (tertiary/aromatic N) is 1. The van der Waals surface area contributed by atoms with E-state index in [2.05, 4.69) is 10.5 Å². The Hall–Kier alpha value is -6.02. The maximum Gasteiger partial charge on any atom is 0.343 e. The van der Waals surface area contributed by atoms with Gasteiger partial charge in [0.05, 0.1) is 17.3 Å². The maximum absolute atomic E-state index is 12.8. The third-order valence-electron chi connectivity index (χ3n) is 6.44. The van der Waals surface area contributed by atoms with Crippen LogP contribution >= 0.6 is 0 Å². The van der Waals surface area contributed by atoms with Gasteiger partial charge in [-0.15, -0.1) is 0 Å². The van der Waals surface area contributed by atoms with Gasteiger partial charge in [-0.2, -0.15) is 5.10 Å². The van der Waals surface area contributed by atoms with Crippen molar-refractivity contribution in [2.24, 2.45) is 5.10 Å². The Morgan fingerprint density at radius 2 is 1.16 bits per heavy atom. The second kappa shape index (κ2) is 14.2. The van der Waals surface area contributed by atoms with E-state index in [-0.39, 0.29) is 11.5 Å². The summed E-state index contributed by atoms with van der Waals surface area (Å²) >= 11 is 0. The second-order valence-corrected chi connectivity index (χ2v) is 9.60. The topological polar surface area (TPSA) is 103 Å². The van der Waals surface area contributed by atoms with E-state index < -0.39 is 23.9 Å². The van der Waals surface area contributed by atoms with Crippen LogP contribution in [-0.2, 0) is 4.79 Å². The van der Waals surface area contributed by atoms with E-state index in [0.29, 0.717) is 22.4 Å². The largest absolute Gasteiger partial charge is 0.481 e. The summed E-state index contributed by atoms with van der Waals surface area (Å²) in [4.78, 5) is 38.1. The molecule has 0 saturated carbocycles. The number of rotatable bonds is 10. The van der Waals surface area contributed by atoms with E-state index >= 15 is 0 Å². The van der Waals surface area contributed by atoms with Gasteiger partial charge in [-0.25, -0.2) is 15.0 Å². The summed E-state index contributed by atoms with van der Waals surface area (Å²) in [5.41, 5.74) is 5.62. The minimum absolute atomic E-state index is 0.0815. The third-order valence-corrected chi connectivity index (χ3v) is 6.44. The van der Waals surface area contributed by atoms with Crippen LogP contribution in [0.3, 0.4) is 0 Å². The molecule has 44 heavy (non-hydrogen) atoms. The Kier molecular flexibility index (Phi) is 9.54. The summed E-state index contributed by atoms with van der Waals surface area (Å²) in [6.07, 6.45) is 0.486. The van der Waals surface area contributed by atoms with Crippen molar-refractivity contribution in [2.45, 2.75) is 13.0 Å². The van der Waals surface area contributed by atoms with E-state index in [1.54, 1.807) is 85.8 Å². The molecule has 0 bridgehead atoms. The lowest BCUT2D eigenvalue weighted by Gasteiger charge is -2.13. The van der Waals surface area contributed by atoms with Crippen molar-refractivity contribution in [2.75, 3.05) is 0 Å². The fraction of sp³-hybridized carbons (Fsp3) is 0.0556. The predicted molar refractivity (Wildman–Crippen MR) is 167 cm³/mol. The lowest BCUT2D eigenvalue weighted by atomic mass is 10.1. The second-order valence-electron chi connectivity index (χ2n) is 9.60. The highest BCUT2D eigenvalue weighted by Crippen LogP contribution is 2.26. The summed E-state index contributed by atoms with van der Waals surface area (Å²) in [7, 11) is 0. The summed E-state index contributed by atoms with van der Waals surface area (Å²) < 4.78 is 16.9. The molecule has 0 saturated heterocycles. The van der Waals surface area contributed by atoms with Crippen LogP contribution in [0.25, 0.3) is 11.1 Å². The van der Waals surface area contributed by atoms with Gasteiger partial charge in [0.25, 0.3) is 5.91 Å². The van der Waals surface area contributed by atoms with Gasteiger partial charge in [0.1, 0.15) is 17.2 Å². The normalized spacial score (nSPS) is 11.4. The fourth-order valence-corrected chi connectivity index (χ4v) is 4.12. The van der Waals surface area contributed by atoms with Crippen LogP contribution in [0.15, 0.2) is 139 Å². The minimum atomic E-state index is -0.843. The van der Waals surface area contributed by atoms with Crippen LogP contribution < -0.4 is 19.6 Å². The first-order valence-electron chi connectivity index (χ1n) is 13.8. The molecular weight excluding hydrogens is 556 g/mol. The number of ether oxygens (including phenoxy) is 3. The molecular formula is C36H28N2O6. The van der Waals surface area contributed by atoms with E-state index in [0.717, 1.165) is 11.1 Å². The molecule has 5 aromatic rings. The number of hydrogen-bond donors (Lipinski definition) is 1. The first-order valence-corrected chi connectivity index (χ1v) is 13.8. The average molecular weight is 585 g/mol. The van der Waals surface area contributed by atoms with Crippen LogP contribution in [0.1, 0.15) is 33.2 Å². The number of benzene rings is 5. The monoisotopic (exact) mass is 584 g/mol. The van der Waals surface area contributed by atoms with Crippen molar-refractivity contribution in [1.29, 1.82) is 0 Å². The quantitative estimate of drug-likeness (QED) is 0.0847. The molecule has 0 aliphatic heterocycles. The first-order chi connectivity index (χ1) is 21.5. The predicted octanol–water partition coefficient (Wildman–Crippen LogP) is 6.71. The third kappa shape index (κ3) is 7.83. The van der Waals surface area contributed by atoms with Crippen LogP contribution in [0.4, 0.5) is 0 Å². The molecule has 1 atom stereocenters. The van der Waals surface area contributed by atoms with E-state index in [9.17, 15) is 14.4 Å². The van der Waals surface area contributed by atoms with Crippen LogP contribution in [0.2, 0.25) is 0 Å². The molecule has 1 amide bonds. The summed E-state index contributed by atoms with van der Waals surface area (Å²) in [6, 6.07) is 38.8. The summed E-state index contributed by atoms with van der Waals surface area (Å²) in [5, 5.41) is 4.03. The first kappa shape index (κ1) is 29.5. The lowest BCUT2D eigenvalue weighted by molar-refractivity contribution is -0.127. The van der Waals surface area contributed by atoms with Crippen LogP contribution in [-0.4, -0.2) is 30.2 Å². The zero-order valence-corrected chi connectivity index (χ0v) is 23.8. The summed E-state index contributed by atoms with van der Waals surface area (Å²) in [5.74, 6) is -0.884. The molecule has 1 unspecified atom stereocenters. The van der Waals surface area contributed by atoms with E-state index in [1.807, 2.05) is 42.5 Å². The number of hydrogen-bond acceptors (Lipinski definition) is 7. The van der Waals surface area contributed by atoms with Crippen molar-refractivity contribution in [3.8, 4) is 28.4 Å². The Balaban J connectivity index is 1.26. The zero-order chi connectivity index (χ0) is 30.7. The Morgan fingerprint density at radius 3 is 1.77 bits per heavy atom. The number of hydrazone groups is 1. The molecule has 8 heteroatoms. The van der Waals surface area contributed by atoms with Crippen LogP contribution in [0.5, 0.6) is 17.2 Å². The van der Waals surface area contributed by atoms with Crippen molar-refractivity contribution < 1.29 is 28.6 Å². The van der Waals surface area contributed by atoms with Crippen LogP contribution in [0, 0.1) is 0 Å². The minimum Gasteiger partial charge on any atom is -0.481 e. The van der Waals surface area contributed by atoms with Gasteiger partial charge in [0.2, 0.25) is 0 Å². The molecule has 5 rings (SSSR count). The number of carbonyl (C=O) groups is 3. The molecule has 0 spiro atoms. The molecule has 0 fully saturated rings. The van der Waals surface area contributed by atoms with E-state index in [4.69, 9.17) is 14.2 Å².